The Balaban J connectivity index is -0.000000831. The van der Waals surface area contributed by atoms with Crippen molar-refractivity contribution in [2.45, 2.75) is 222 Å². The minimum Gasteiger partial charge on any atom is -0.375 e. The van der Waals surface area contributed by atoms with Gasteiger partial charge in [0.15, 0.2) is 0 Å². The van der Waals surface area contributed by atoms with Crippen molar-refractivity contribution in [1.82, 2.24) is 82.2 Å². The molecule has 15 amide bonds. The molecular weight excluding hydrogens is 1890 g/mol. The lowest BCUT2D eigenvalue weighted by Crippen LogP contribution is -2.57. The van der Waals surface area contributed by atoms with Gasteiger partial charge in [0.05, 0.1) is 0 Å². The second-order valence-electron chi connectivity index (χ2n) is 40.0. The number of aliphatic hydroxyl groups is 1. The summed E-state index contributed by atoms with van der Waals surface area (Å²) >= 11 is 0. The third kappa shape index (κ3) is 58.0. The van der Waals surface area contributed by atoms with Crippen LogP contribution in [-0.4, -0.2) is 286 Å². The number of likely N-dealkylation sites (N-methyl/N-ethyl adjacent to an activating group) is 5. The van der Waals surface area contributed by atoms with Gasteiger partial charge in [-0.2, -0.15) is 0 Å². The van der Waals surface area contributed by atoms with Crippen LogP contribution >= 0.6 is 0 Å². The van der Waals surface area contributed by atoms with Crippen LogP contribution in [0.25, 0.3) is 0 Å². The molecule has 3 rings (SSSR count). The second kappa shape index (κ2) is 75.7. The van der Waals surface area contributed by atoms with E-state index in [0.29, 0.717) is 193 Å². The average Bonchev–Trinajstić information content (AvgIpc) is 1.58. The lowest BCUT2D eigenvalue weighted by molar-refractivity contribution is -0.128. The molecule has 7 atom stereocenters. The first kappa shape index (κ1) is 142. The quantitative estimate of drug-likeness (QED) is 0.0117. The molecule has 0 radical (unpaired) electrons. The molecule has 7 unspecified atom stereocenters. The standard InChI is InChI=1S/C21H34N4O4.C20H30N2O2.C18H29N3O3.C18H26N2O2.C15H26N2O2.C13H22N2O2.C12H23NO/c1-13(2)17(26)22-9-21(10-23-18(27)14(3)4,11-24-19(28)15(5)6)12-25-20(29)16(7)8;1-11(2)19(23)21-9-13-5-6-16-17-8-14(18(13)16)7-15(17)10-22-20(24)12(3)4;1-8-18(9-19-15(22)12(2)3,10-20-16(23)13(4)5)11-21-17(24)14(6)7;1-7-11-19(17(21)15(3)4)13-9-10-14-20(12-8-2)18(22)16(5)6;1-7-16(14(18)12(3)4)10-9-11-17(8-2)15(19)13(5)6;1-10(2)12(16)14(5)8-7-9-15(6)13(17)11(3)4;1-5-6-7-8-9-10-13(4)12(14)11(2)3/h17,22,26H,1,3,5,7,9-12H2,2,4,6,8H3,(H,23,27)(H,24,28)(H,25,29);13-18H,1,3,5-10H2,2,4H3,(H,21,23)(H,22,24);2,4,6,8-11H2,1,3,5,7H3,(H,19,22)(H,20,23)(H,21,24);7-10H,1-3,5,11-14H2,4,6H3;3,5,7-11H2,1-2,4,6H3;1,3,7-9H2,2,4-6H3;2,5-10H2,1,3-4H3/b;;;10-9+;;;. The van der Waals surface area contributed by atoms with Crippen LogP contribution in [0.15, 0.2) is 232 Å². The molecule has 0 spiro atoms. The first-order chi connectivity index (χ1) is 69.3. The van der Waals surface area contributed by atoms with Gasteiger partial charge in [-0.15, -0.1) is 13.2 Å². The molecule has 3 saturated carbocycles. The topological polar surface area (TPSA) is 407 Å². The van der Waals surface area contributed by atoms with Gasteiger partial charge in [-0.1, -0.05) is 169 Å². The maximum Gasteiger partial charge on any atom is 0.249 e. The van der Waals surface area contributed by atoms with E-state index in [0.717, 1.165) is 62.6 Å². The number of carbonyl (C=O) groups is 15. The van der Waals surface area contributed by atoms with Crippen molar-refractivity contribution in [3.8, 4) is 0 Å². The highest BCUT2D eigenvalue weighted by Crippen LogP contribution is 2.62. The fourth-order valence-corrected chi connectivity index (χ4v) is 15.9. The molecule has 0 saturated heterocycles. The van der Waals surface area contributed by atoms with Gasteiger partial charge in [0.25, 0.3) is 0 Å². The van der Waals surface area contributed by atoms with E-state index in [1.54, 1.807) is 171 Å². The molecule has 3 fully saturated rings. The summed E-state index contributed by atoms with van der Waals surface area (Å²) in [5.74, 6) is 2.20. The fraction of sp³-hybridized carbons (Fsp3) is 0.547. The third-order valence-electron chi connectivity index (χ3n) is 25.0. The Hall–Kier alpha value is -13.0. The van der Waals surface area contributed by atoms with Gasteiger partial charge in [0.1, 0.15) is 6.23 Å². The highest BCUT2D eigenvalue weighted by atomic mass is 16.3. The highest BCUT2D eigenvalue weighted by Gasteiger charge is 2.57. The van der Waals surface area contributed by atoms with Crippen molar-refractivity contribution < 1.29 is 77.0 Å². The summed E-state index contributed by atoms with van der Waals surface area (Å²) in [6.45, 7) is 110. The lowest BCUT2D eigenvalue weighted by Gasteiger charge is -2.36. The summed E-state index contributed by atoms with van der Waals surface area (Å²) < 4.78 is 0. The van der Waals surface area contributed by atoms with Gasteiger partial charge in [-0.3, -0.25) is 77.2 Å². The Labute approximate surface area is 894 Å². The van der Waals surface area contributed by atoms with Gasteiger partial charge >= 0.3 is 0 Å². The summed E-state index contributed by atoms with van der Waals surface area (Å²) in [5, 5.41) is 35.7. The monoisotopic (exact) mass is 2080 g/mol. The minimum atomic E-state index is -0.986. The molecule has 0 heterocycles. The number of hydrogen-bond donors (Lipinski definition) is 10. The zero-order chi connectivity index (χ0) is 116. The molecule has 3 aliphatic rings. The highest BCUT2D eigenvalue weighted by molar-refractivity contribution is 5.98. The van der Waals surface area contributed by atoms with E-state index < -0.39 is 17.1 Å². The largest absolute Gasteiger partial charge is 0.375 e. The second-order valence-corrected chi connectivity index (χ2v) is 40.0. The van der Waals surface area contributed by atoms with Crippen LogP contribution in [0, 0.1) is 46.3 Å². The number of hydrogen-bond acceptors (Lipinski definition) is 17. The number of rotatable bonds is 60. The van der Waals surface area contributed by atoms with Crippen molar-refractivity contribution in [2.24, 2.45) is 46.3 Å². The van der Waals surface area contributed by atoms with E-state index >= 15 is 0 Å². The molecule has 32 heteroatoms. The van der Waals surface area contributed by atoms with Crippen molar-refractivity contribution in [2.75, 3.05) is 152 Å². The van der Waals surface area contributed by atoms with Gasteiger partial charge < -0.3 is 81.9 Å². The number of nitrogens with zero attached hydrogens (tertiary/aromatic N) is 7. The Morgan fingerprint density at radius 3 is 0.859 bits per heavy atom. The maximum atomic E-state index is 12.0. The zero-order valence-electron chi connectivity index (χ0n) is 95.4. The Kier molecular flexibility index (Phi) is 72.3. The van der Waals surface area contributed by atoms with E-state index in [1.807, 2.05) is 40.0 Å². The van der Waals surface area contributed by atoms with E-state index in [2.05, 4.69) is 173 Å². The molecule has 0 aromatic carbocycles. The summed E-state index contributed by atoms with van der Waals surface area (Å²) in [7, 11) is 5.31. The van der Waals surface area contributed by atoms with Crippen LogP contribution in [0.1, 0.15) is 216 Å². The number of fused-ring (bicyclic) bond motifs is 5. The van der Waals surface area contributed by atoms with Crippen molar-refractivity contribution in [3.05, 3.63) is 232 Å². The minimum absolute atomic E-state index is 0.0120. The number of unbranched alkanes of at least 4 members (excludes halogenated alkanes) is 4. The molecule has 834 valence electrons. The summed E-state index contributed by atoms with van der Waals surface area (Å²) in [5.41, 5.74) is 6.21. The number of nitrogens with one attached hydrogen (secondary N) is 9. The molecule has 0 aromatic heterocycles. The first-order valence-electron chi connectivity index (χ1n) is 51.2. The predicted octanol–water partition coefficient (Wildman–Crippen LogP) is 14.0. The van der Waals surface area contributed by atoms with Crippen LogP contribution in [0.2, 0.25) is 0 Å². The van der Waals surface area contributed by atoms with Crippen LogP contribution in [-0.2, 0) is 71.9 Å². The van der Waals surface area contributed by atoms with E-state index in [9.17, 15) is 77.0 Å². The number of aliphatic hydroxyl groups excluding tert-OH is 1. The molecule has 3 aliphatic carbocycles. The smallest absolute Gasteiger partial charge is 0.249 e. The van der Waals surface area contributed by atoms with Gasteiger partial charge in [-0.05, 0) is 217 Å². The van der Waals surface area contributed by atoms with Crippen molar-refractivity contribution >= 4 is 88.6 Å². The molecule has 0 aliphatic heterocycles. The lowest BCUT2D eigenvalue weighted by atomic mass is 9.73. The van der Waals surface area contributed by atoms with Crippen LogP contribution in [0.4, 0.5) is 0 Å². The van der Waals surface area contributed by atoms with Gasteiger partial charge in [0, 0.05) is 246 Å². The predicted molar refractivity (Wildman–Crippen MR) is 608 cm³/mol. The van der Waals surface area contributed by atoms with Gasteiger partial charge in [0.2, 0.25) is 88.6 Å². The van der Waals surface area contributed by atoms with E-state index in [-0.39, 0.29) is 115 Å². The fourth-order valence-electron chi connectivity index (χ4n) is 15.9. The molecule has 10 N–H and O–H groups in total. The molecule has 32 nitrogen and oxygen atoms in total. The SMILES string of the molecule is C=C(C)C(=O)N(C)CCCCCCC.C=C(C)C(=O)N(C)CCCN(C)C(=O)C(=C)C.C=C(C)C(=O)N(CC)CCCN(CC)C(=O)C(=C)C.C=C(C)C(=O)NCC(CC)(CNC(=O)C(=C)C)CNC(=O)C(=C)C.C=C(C)C(=O)NCC(CNC(=O)C(=C)C)(CNC(=O)C(=C)C)CNC(O)C(=C)C.C=C(C)C(=O)NCC1CC2CC1C1CCC(CNC(=O)C(=C)C)C21.C=CCN(C/C=C/CN(CC=C)C(=O)C(=C)C)C(=O)C(=C)C. The van der Waals surface area contributed by atoms with E-state index in [4.69, 9.17) is 0 Å². The van der Waals surface area contributed by atoms with Crippen LogP contribution in [0.3, 0.4) is 0 Å². The summed E-state index contributed by atoms with van der Waals surface area (Å²) in [6.07, 6.45) is 19.4. The summed E-state index contributed by atoms with van der Waals surface area (Å²) in [4.78, 5) is 188. The molecular formula is C117H190N16O16. The van der Waals surface area contributed by atoms with Crippen LogP contribution in [0.5, 0.6) is 0 Å². The number of amides is 15. The normalized spacial score (nSPS) is 14.6. The molecule has 149 heavy (non-hydrogen) atoms. The third-order valence-corrected chi connectivity index (χ3v) is 25.0. The van der Waals surface area contributed by atoms with Crippen LogP contribution < -0.4 is 47.9 Å². The van der Waals surface area contributed by atoms with Gasteiger partial charge in [-0.25, -0.2) is 0 Å². The first-order valence-corrected chi connectivity index (χ1v) is 51.2. The Morgan fingerprint density at radius 2 is 0.584 bits per heavy atom. The zero-order valence-corrected chi connectivity index (χ0v) is 95.4. The van der Waals surface area contributed by atoms with Crippen molar-refractivity contribution in [3.63, 3.8) is 0 Å². The molecule has 0 aromatic rings. The Morgan fingerprint density at radius 1 is 0.309 bits per heavy atom. The summed E-state index contributed by atoms with van der Waals surface area (Å²) in [6, 6.07) is 0. The number of carbonyl (C=O) groups excluding carboxylic acids is 15. The van der Waals surface area contributed by atoms with E-state index in [1.165, 1.54) is 51.4 Å². The van der Waals surface area contributed by atoms with Crippen molar-refractivity contribution in [1.29, 1.82) is 0 Å². The Bertz CT molecular complexity index is 4530. The average molecular weight is 2080 g/mol. The maximum absolute atomic E-state index is 12.0. The molecule has 2 bridgehead atoms.